The molecule has 30 heavy (non-hydrogen) atoms. The fourth-order valence-corrected chi connectivity index (χ4v) is 4.41. The number of hydrogen-bond donors (Lipinski definition) is 2. The third-order valence-electron chi connectivity index (χ3n) is 5.11. The van der Waals surface area contributed by atoms with E-state index in [4.69, 9.17) is 11.6 Å². The number of phenols is 1. The Hall–Kier alpha value is -3.09. The number of rotatable bonds is 5. The number of thiophene rings is 1. The zero-order chi connectivity index (χ0) is 21.4. The highest BCUT2D eigenvalue weighted by molar-refractivity contribution is 7.12. The Morgan fingerprint density at radius 3 is 2.47 bits per heavy atom. The molecule has 0 fully saturated rings. The van der Waals surface area contributed by atoms with Gasteiger partial charge in [-0.05, 0) is 53.3 Å². The van der Waals surface area contributed by atoms with Crippen LogP contribution in [0.1, 0.15) is 33.8 Å². The van der Waals surface area contributed by atoms with Crippen LogP contribution in [0.3, 0.4) is 0 Å². The summed E-state index contributed by atoms with van der Waals surface area (Å²) in [4.78, 5) is 28.1. The number of hydrogen-bond acceptors (Lipinski definition) is 5. The van der Waals surface area contributed by atoms with Crippen molar-refractivity contribution >= 4 is 40.3 Å². The van der Waals surface area contributed by atoms with Gasteiger partial charge in [0, 0.05) is 5.69 Å². The fraction of sp³-hybridized carbons (Fsp3) is 0.130. The van der Waals surface area contributed by atoms with E-state index >= 15 is 0 Å². The van der Waals surface area contributed by atoms with Gasteiger partial charge in [-0.3, -0.25) is 14.5 Å². The zero-order valence-corrected chi connectivity index (χ0v) is 17.6. The van der Waals surface area contributed by atoms with E-state index in [1.54, 1.807) is 35.7 Å². The van der Waals surface area contributed by atoms with Gasteiger partial charge in [0.2, 0.25) is 5.78 Å². The number of nitrogens with zero attached hydrogens (tertiary/aromatic N) is 1. The summed E-state index contributed by atoms with van der Waals surface area (Å²) >= 11 is 7.35. The van der Waals surface area contributed by atoms with Crippen molar-refractivity contribution in [3.63, 3.8) is 0 Å². The van der Waals surface area contributed by atoms with Gasteiger partial charge >= 0.3 is 0 Å². The maximum absolute atomic E-state index is 13.2. The molecule has 1 aliphatic heterocycles. The molecule has 2 aromatic carbocycles. The Balaban J connectivity index is 1.88. The van der Waals surface area contributed by atoms with E-state index in [0.29, 0.717) is 16.1 Å². The van der Waals surface area contributed by atoms with Crippen molar-refractivity contribution in [2.75, 3.05) is 4.90 Å². The number of benzene rings is 2. The van der Waals surface area contributed by atoms with Crippen molar-refractivity contribution in [3.05, 3.63) is 92.3 Å². The Morgan fingerprint density at radius 2 is 1.87 bits per heavy atom. The number of phenolic OH excluding ortho intramolecular Hbond substituents is 1. The molecule has 0 spiro atoms. The lowest BCUT2D eigenvalue weighted by molar-refractivity contribution is -0.117. The van der Waals surface area contributed by atoms with E-state index in [1.165, 1.54) is 28.4 Å². The maximum Gasteiger partial charge on any atom is 0.294 e. The number of aliphatic hydroxyl groups is 1. The van der Waals surface area contributed by atoms with Gasteiger partial charge in [0.25, 0.3) is 5.91 Å². The molecule has 1 aromatic heterocycles. The molecule has 1 atom stereocenters. The maximum atomic E-state index is 13.2. The Morgan fingerprint density at radius 1 is 1.13 bits per heavy atom. The van der Waals surface area contributed by atoms with Gasteiger partial charge in [-0.1, -0.05) is 42.8 Å². The van der Waals surface area contributed by atoms with Crippen molar-refractivity contribution in [1.82, 2.24) is 0 Å². The van der Waals surface area contributed by atoms with E-state index in [1.807, 2.05) is 19.1 Å². The summed E-state index contributed by atoms with van der Waals surface area (Å²) in [5.41, 5.74) is 2.15. The van der Waals surface area contributed by atoms with Crippen LogP contribution in [-0.2, 0) is 11.2 Å². The highest BCUT2D eigenvalue weighted by Gasteiger charge is 2.45. The minimum atomic E-state index is -0.877. The van der Waals surface area contributed by atoms with Crippen LogP contribution in [0.5, 0.6) is 5.75 Å². The number of anilines is 1. The lowest BCUT2D eigenvalue weighted by Crippen LogP contribution is -2.31. The number of amides is 1. The van der Waals surface area contributed by atoms with Crippen LogP contribution in [0.15, 0.2) is 71.3 Å². The monoisotopic (exact) mass is 439 g/mol. The van der Waals surface area contributed by atoms with Crippen LogP contribution in [0.2, 0.25) is 5.02 Å². The van der Waals surface area contributed by atoms with Crippen molar-refractivity contribution in [2.24, 2.45) is 0 Å². The number of aromatic hydroxyl groups is 1. The number of ketones is 1. The predicted molar refractivity (Wildman–Crippen MR) is 117 cm³/mol. The third kappa shape index (κ3) is 3.38. The lowest BCUT2D eigenvalue weighted by Gasteiger charge is -2.27. The second-order valence-corrected chi connectivity index (χ2v) is 8.23. The van der Waals surface area contributed by atoms with Gasteiger partial charge in [-0.2, -0.15) is 0 Å². The van der Waals surface area contributed by atoms with Crippen LogP contribution < -0.4 is 4.90 Å². The summed E-state index contributed by atoms with van der Waals surface area (Å²) in [6.07, 6.45) is 0.844. The summed E-state index contributed by atoms with van der Waals surface area (Å²) < 4.78 is 0. The quantitative estimate of drug-likeness (QED) is 0.518. The Bertz CT molecular complexity index is 1150. The summed E-state index contributed by atoms with van der Waals surface area (Å²) in [5, 5.41) is 22.4. The first-order valence-electron chi connectivity index (χ1n) is 9.34. The first-order valence-corrected chi connectivity index (χ1v) is 10.6. The minimum absolute atomic E-state index is 0.0104. The average Bonchev–Trinajstić information content (AvgIpc) is 3.37. The highest BCUT2D eigenvalue weighted by atomic mass is 35.5. The molecule has 0 radical (unpaired) electrons. The van der Waals surface area contributed by atoms with Crippen LogP contribution >= 0.6 is 22.9 Å². The average molecular weight is 440 g/mol. The Kier molecular flexibility index (Phi) is 5.37. The molecule has 0 saturated heterocycles. The number of Topliss-reactive ketones (excluding diaryl/α,β-unsaturated/α-hetero) is 1. The minimum Gasteiger partial charge on any atom is -0.506 e. The number of halogens is 1. The third-order valence-corrected chi connectivity index (χ3v) is 6.28. The van der Waals surface area contributed by atoms with Gasteiger partial charge in [0.1, 0.15) is 5.75 Å². The van der Waals surface area contributed by atoms with Crippen molar-refractivity contribution in [1.29, 1.82) is 0 Å². The van der Waals surface area contributed by atoms with E-state index in [0.717, 1.165) is 12.0 Å². The van der Waals surface area contributed by atoms with E-state index < -0.39 is 23.5 Å². The molecule has 152 valence electrons. The highest BCUT2D eigenvalue weighted by Crippen LogP contribution is 2.43. The van der Waals surface area contributed by atoms with Gasteiger partial charge in [0.15, 0.2) is 5.76 Å². The SMILES string of the molecule is CCc1ccc(N2C(=O)C(O)=C(C(=O)c3cccs3)C2c2ccc(O)c(Cl)c2)cc1. The largest absolute Gasteiger partial charge is 0.506 e. The van der Waals surface area contributed by atoms with Crippen molar-refractivity contribution in [3.8, 4) is 5.75 Å². The topological polar surface area (TPSA) is 77.8 Å². The molecule has 2 N–H and O–H groups in total. The van der Waals surface area contributed by atoms with Crippen LogP contribution in [0, 0.1) is 0 Å². The molecule has 5 nitrogen and oxygen atoms in total. The van der Waals surface area contributed by atoms with Crippen LogP contribution in [-0.4, -0.2) is 21.9 Å². The molecule has 1 unspecified atom stereocenters. The number of carbonyl (C=O) groups excluding carboxylic acids is 2. The molecule has 4 rings (SSSR count). The molecule has 1 amide bonds. The predicted octanol–water partition coefficient (Wildman–Crippen LogP) is 5.45. The molecule has 3 aromatic rings. The van der Waals surface area contributed by atoms with Crippen LogP contribution in [0.4, 0.5) is 5.69 Å². The van der Waals surface area contributed by atoms with Gasteiger partial charge in [-0.15, -0.1) is 11.3 Å². The van der Waals surface area contributed by atoms with Gasteiger partial charge in [-0.25, -0.2) is 0 Å². The zero-order valence-electron chi connectivity index (χ0n) is 16.0. The first-order chi connectivity index (χ1) is 14.4. The fourth-order valence-electron chi connectivity index (χ4n) is 3.54. The van der Waals surface area contributed by atoms with E-state index in [9.17, 15) is 19.8 Å². The summed E-state index contributed by atoms with van der Waals surface area (Å²) in [7, 11) is 0. The smallest absolute Gasteiger partial charge is 0.294 e. The van der Waals surface area contributed by atoms with Crippen LogP contribution in [0.25, 0.3) is 0 Å². The lowest BCUT2D eigenvalue weighted by atomic mass is 9.95. The van der Waals surface area contributed by atoms with Crippen molar-refractivity contribution < 1.29 is 19.8 Å². The number of aliphatic hydroxyl groups excluding tert-OH is 1. The van der Waals surface area contributed by atoms with Gasteiger partial charge in [0.05, 0.1) is 21.5 Å². The van der Waals surface area contributed by atoms with E-state index in [-0.39, 0.29) is 16.3 Å². The molecule has 0 saturated carbocycles. The molecular weight excluding hydrogens is 422 g/mol. The second kappa shape index (κ2) is 7.97. The molecule has 7 heteroatoms. The summed E-state index contributed by atoms with van der Waals surface area (Å²) in [6, 6.07) is 14.4. The molecule has 0 aliphatic carbocycles. The first kappa shape index (κ1) is 20.2. The summed E-state index contributed by atoms with van der Waals surface area (Å²) in [6.45, 7) is 2.03. The molecule has 1 aliphatic rings. The van der Waals surface area contributed by atoms with E-state index in [2.05, 4.69) is 0 Å². The standard InChI is InChI=1S/C23H18ClNO4S/c1-2-13-5-8-15(9-6-13)25-20(14-7-10-17(26)16(24)12-14)19(22(28)23(25)29)21(27)18-4-3-11-30-18/h3-12,20,26,28H,2H2,1H3. The van der Waals surface area contributed by atoms with Gasteiger partial charge < -0.3 is 10.2 Å². The molecular formula is C23H18ClNO4S. The summed E-state index contributed by atoms with van der Waals surface area (Å²) in [5.74, 6) is -1.77. The Labute approximate surface area is 182 Å². The van der Waals surface area contributed by atoms with Crippen molar-refractivity contribution in [2.45, 2.75) is 19.4 Å². The second-order valence-electron chi connectivity index (χ2n) is 6.88. The molecule has 0 bridgehead atoms. The number of carbonyl (C=O) groups is 2. The molecule has 2 heterocycles. The number of aryl methyl sites for hydroxylation is 1. The normalized spacial score (nSPS) is 16.4.